The van der Waals surface area contributed by atoms with Crippen LogP contribution in [-0.4, -0.2) is 19.9 Å². The second kappa shape index (κ2) is 23.2. The molecule has 4 aromatic rings. The lowest BCUT2D eigenvalue weighted by molar-refractivity contribution is -0.0907. The molecule has 2 heterocycles. The molecule has 2 saturated carbocycles. The molecule has 5 nitrogen and oxygen atoms in total. The van der Waals surface area contributed by atoms with E-state index in [-0.39, 0.29) is 12.2 Å². The monoisotopic (exact) mass is 771 g/mol. The summed E-state index contributed by atoms with van der Waals surface area (Å²) in [6.45, 7) is 9.20. The molecule has 2 atom stereocenters. The smallest absolute Gasteiger partial charge is 0.0885 e. The van der Waals surface area contributed by atoms with Gasteiger partial charge in [-0.2, -0.15) is 0 Å². The summed E-state index contributed by atoms with van der Waals surface area (Å²) >= 11 is 0. The van der Waals surface area contributed by atoms with Gasteiger partial charge in [0.1, 0.15) is 0 Å². The van der Waals surface area contributed by atoms with E-state index >= 15 is 0 Å². The zero-order valence-corrected chi connectivity index (χ0v) is 36.1. The van der Waals surface area contributed by atoms with Crippen LogP contribution in [0, 0.1) is 23.7 Å². The molecule has 0 saturated heterocycles. The van der Waals surface area contributed by atoms with Gasteiger partial charge in [0.05, 0.1) is 47.4 Å². The summed E-state index contributed by atoms with van der Waals surface area (Å²) in [5.74, 6) is 2.75. The van der Waals surface area contributed by atoms with Crippen LogP contribution < -0.4 is 0 Å². The highest BCUT2D eigenvalue weighted by Crippen LogP contribution is 2.47. The van der Waals surface area contributed by atoms with Gasteiger partial charge < -0.3 is 4.74 Å². The average molecular weight is 771 g/mol. The van der Waals surface area contributed by atoms with Gasteiger partial charge in [0.2, 0.25) is 0 Å². The third-order valence-electron chi connectivity index (χ3n) is 13.4. The Hall–Kier alpha value is -3.44. The minimum atomic E-state index is 0.0620. The molecule has 0 amide bonds. The molecule has 6 rings (SSSR count). The molecule has 2 aromatic heterocycles. The predicted octanol–water partition coefficient (Wildman–Crippen LogP) is 14.9. The minimum absolute atomic E-state index is 0.0620. The summed E-state index contributed by atoms with van der Waals surface area (Å²) in [4.78, 5) is 19.3. The molecule has 0 aliphatic heterocycles. The van der Waals surface area contributed by atoms with Crippen molar-refractivity contribution in [3.63, 3.8) is 0 Å². The first kappa shape index (κ1) is 43.1. The van der Waals surface area contributed by atoms with Crippen LogP contribution in [0.15, 0.2) is 73.3 Å². The Labute approximate surface area is 346 Å². The van der Waals surface area contributed by atoms with E-state index in [1.165, 1.54) is 140 Å². The second-order valence-corrected chi connectivity index (χ2v) is 17.8. The van der Waals surface area contributed by atoms with Gasteiger partial charge >= 0.3 is 0 Å². The van der Waals surface area contributed by atoms with Gasteiger partial charge in [-0.25, -0.2) is 0 Å². The Balaban J connectivity index is 1.23. The molecule has 2 unspecified atom stereocenters. The molecular formula is C52H74N4O. The number of aryl methyl sites for hydroxylation is 2. The molecule has 0 radical (unpaired) electrons. The van der Waals surface area contributed by atoms with Crippen molar-refractivity contribution in [2.75, 3.05) is 0 Å². The molecule has 2 aliphatic rings. The zero-order chi connectivity index (χ0) is 39.7. The fourth-order valence-electron chi connectivity index (χ4n) is 9.88. The van der Waals surface area contributed by atoms with Crippen LogP contribution in [0.25, 0.3) is 22.5 Å². The molecule has 2 aliphatic carbocycles. The quantitative estimate of drug-likeness (QED) is 0.0745. The fourth-order valence-corrected chi connectivity index (χ4v) is 9.88. The highest BCUT2D eigenvalue weighted by molar-refractivity contribution is 5.59. The van der Waals surface area contributed by atoms with Crippen molar-refractivity contribution in [1.29, 1.82) is 0 Å². The summed E-state index contributed by atoms with van der Waals surface area (Å²) in [7, 11) is 0. The Morgan fingerprint density at radius 2 is 0.860 bits per heavy atom. The molecule has 2 aromatic carbocycles. The van der Waals surface area contributed by atoms with Crippen molar-refractivity contribution >= 4 is 0 Å². The van der Waals surface area contributed by atoms with Crippen molar-refractivity contribution in [2.24, 2.45) is 23.7 Å². The van der Waals surface area contributed by atoms with Crippen LogP contribution in [0.5, 0.6) is 0 Å². The molecule has 308 valence electrons. The Morgan fingerprint density at radius 1 is 0.456 bits per heavy atom. The number of unbranched alkanes of at least 4 members (excludes halogenated alkanes) is 6. The number of hydrogen-bond acceptors (Lipinski definition) is 5. The molecule has 0 bridgehead atoms. The van der Waals surface area contributed by atoms with Gasteiger partial charge in [-0.15, -0.1) is 0 Å². The van der Waals surface area contributed by atoms with E-state index in [0.717, 1.165) is 58.6 Å². The first-order valence-electron chi connectivity index (χ1n) is 23.6. The zero-order valence-electron chi connectivity index (χ0n) is 36.1. The maximum Gasteiger partial charge on any atom is 0.0885 e. The molecule has 0 spiro atoms. The predicted molar refractivity (Wildman–Crippen MR) is 238 cm³/mol. The number of benzene rings is 2. The Kier molecular flexibility index (Phi) is 17.6. The van der Waals surface area contributed by atoms with Crippen molar-refractivity contribution in [1.82, 2.24) is 19.9 Å². The van der Waals surface area contributed by atoms with Crippen molar-refractivity contribution in [2.45, 2.75) is 181 Å². The van der Waals surface area contributed by atoms with Gasteiger partial charge in [-0.1, -0.05) is 166 Å². The number of nitrogens with zero attached hydrogens (tertiary/aromatic N) is 4. The largest absolute Gasteiger partial charge is 0.365 e. The van der Waals surface area contributed by atoms with Gasteiger partial charge in [-0.05, 0) is 86.2 Å². The summed E-state index contributed by atoms with van der Waals surface area (Å²) < 4.78 is 7.67. The molecule has 2 fully saturated rings. The average Bonchev–Trinajstić information content (AvgIpc) is 3.26. The van der Waals surface area contributed by atoms with Crippen LogP contribution in [0.1, 0.15) is 191 Å². The normalized spacial score (nSPS) is 21.0. The molecule has 0 N–H and O–H groups in total. The van der Waals surface area contributed by atoms with Crippen LogP contribution in [-0.2, 0) is 17.6 Å². The first-order chi connectivity index (χ1) is 28.1. The van der Waals surface area contributed by atoms with E-state index in [4.69, 9.17) is 24.7 Å². The van der Waals surface area contributed by atoms with Crippen LogP contribution in [0.2, 0.25) is 0 Å². The van der Waals surface area contributed by atoms with E-state index in [0.29, 0.717) is 11.8 Å². The Morgan fingerprint density at radius 3 is 1.19 bits per heavy atom. The Bertz CT molecular complexity index is 1540. The van der Waals surface area contributed by atoms with Gasteiger partial charge in [0, 0.05) is 23.5 Å². The second-order valence-electron chi connectivity index (χ2n) is 17.8. The van der Waals surface area contributed by atoms with Crippen molar-refractivity contribution in [3.8, 4) is 22.5 Å². The first-order valence-corrected chi connectivity index (χ1v) is 23.6. The number of ether oxygens (including phenoxy) is 1. The topological polar surface area (TPSA) is 60.8 Å². The van der Waals surface area contributed by atoms with E-state index in [1.807, 2.05) is 24.8 Å². The highest BCUT2D eigenvalue weighted by Gasteiger charge is 2.35. The number of aromatic nitrogens is 4. The van der Waals surface area contributed by atoms with E-state index in [1.54, 1.807) is 0 Å². The maximum absolute atomic E-state index is 7.67. The summed E-state index contributed by atoms with van der Waals surface area (Å²) in [6.07, 6.45) is 35.5. The fraction of sp³-hybridized carbons (Fsp3) is 0.615. The standard InChI is InChI=1S/C52H74N4O/c1-5-9-11-13-17-47-35-55-49(37-53-47)41-27-31-45(32-28-41)51(43-23-19-39(15-7-3)20-24-43)57-52(44-25-21-40(16-8-4)22-26-44)46-33-29-42(30-34-46)50-38-54-48(36-56-50)18-14-12-10-6-2/h27-40,43-44,51-52H,5-26H2,1-4H3. The van der Waals surface area contributed by atoms with Gasteiger partial charge in [0.25, 0.3) is 0 Å². The number of rotatable bonds is 22. The minimum Gasteiger partial charge on any atom is -0.365 e. The third-order valence-corrected chi connectivity index (χ3v) is 13.4. The lowest BCUT2D eigenvalue weighted by atomic mass is 9.75. The van der Waals surface area contributed by atoms with E-state index < -0.39 is 0 Å². The van der Waals surface area contributed by atoms with Crippen molar-refractivity contribution in [3.05, 3.63) is 95.8 Å². The SMILES string of the molecule is CCCCCCc1cnc(-c2ccc(C(OC(c3ccc(-c4cnc(CCCCCC)cn4)cc3)C3CCC(CCC)CC3)C3CCC(CCC)CC3)cc2)cn1. The van der Waals surface area contributed by atoms with E-state index in [9.17, 15) is 0 Å². The molecule has 57 heavy (non-hydrogen) atoms. The lowest BCUT2D eigenvalue weighted by Gasteiger charge is -2.40. The third kappa shape index (κ3) is 12.8. The maximum atomic E-state index is 7.67. The summed E-state index contributed by atoms with van der Waals surface area (Å²) in [5, 5.41) is 0. The van der Waals surface area contributed by atoms with Crippen LogP contribution in [0.3, 0.4) is 0 Å². The number of hydrogen-bond donors (Lipinski definition) is 0. The summed E-state index contributed by atoms with van der Waals surface area (Å²) in [6, 6.07) is 18.4. The van der Waals surface area contributed by atoms with Gasteiger partial charge in [0.15, 0.2) is 0 Å². The van der Waals surface area contributed by atoms with Crippen LogP contribution in [0.4, 0.5) is 0 Å². The lowest BCUT2D eigenvalue weighted by Crippen LogP contribution is -2.28. The van der Waals surface area contributed by atoms with Crippen molar-refractivity contribution < 1.29 is 4.74 Å². The molecular weight excluding hydrogens is 697 g/mol. The van der Waals surface area contributed by atoms with E-state index in [2.05, 4.69) is 76.2 Å². The van der Waals surface area contributed by atoms with Crippen LogP contribution >= 0.6 is 0 Å². The highest BCUT2D eigenvalue weighted by atomic mass is 16.5. The van der Waals surface area contributed by atoms with Gasteiger partial charge in [-0.3, -0.25) is 19.9 Å². The summed E-state index contributed by atoms with van der Waals surface area (Å²) in [5.41, 5.74) is 8.97. The molecule has 5 heteroatoms.